The van der Waals surface area contributed by atoms with Crippen LogP contribution in [0.2, 0.25) is 0 Å². The molecule has 0 spiro atoms. The summed E-state index contributed by atoms with van der Waals surface area (Å²) in [5.41, 5.74) is 1.99. The van der Waals surface area contributed by atoms with Crippen LogP contribution in [0.25, 0.3) is 0 Å². The maximum absolute atomic E-state index is 12.4. The van der Waals surface area contributed by atoms with Crippen molar-refractivity contribution < 1.29 is 14.7 Å². The van der Waals surface area contributed by atoms with Crippen molar-refractivity contribution in [2.24, 2.45) is 7.05 Å². The van der Waals surface area contributed by atoms with E-state index in [1.54, 1.807) is 7.05 Å². The van der Waals surface area contributed by atoms with Crippen molar-refractivity contribution in [1.82, 2.24) is 15.1 Å². The van der Waals surface area contributed by atoms with Crippen LogP contribution in [0, 0.1) is 0 Å². The molecule has 0 bridgehead atoms. The molecule has 25 heavy (non-hydrogen) atoms. The minimum atomic E-state index is -1.16. The number of para-hydroxylation sites is 1. The van der Waals surface area contributed by atoms with Gasteiger partial charge in [0.15, 0.2) is 5.69 Å². The van der Waals surface area contributed by atoms with Crippen LogP contribution in [0.4, 0.5) is 5.69 Å². The third-order valence-corrected chi connectivity index (χ3v) is 4.40. The third kappa shape index (κ3) is 3.81. The lowest BCUT2D eigenvalue weighted by Gasteiger charge is -2.30. The number of nitrogens with zero attached hydrogens (tertiary/aromatic N) is 3. The second-order valence-electron chi connectivity index (χ2n) is 6.23. The fraction of sp³-hybridized carbons (Fsp3) is 0.389. The van der Waals surface area contributed by atoms with Gasteiger partial charge in [0.2, 0.25) is 0 Å². The Bertz CT molecular complexity index is 778. The van der Waals surface area contributed by atoms with Crippen LogP contribution in [0.1, 0.15) is 45.7 Å². The molecule has 1 amide bonds. The second-order valence-corrected chi connectivity index (χ2v) is 6.23. The van der Waals surface area contributed by atoms with Crippen molar-refractivity contribution in [2.75, 3.05) is 18.0 Å². The number of amides is 1. The first-order chi connectivity index (χ1) is 12.1. The van der Waals surface area contributed by atoms with Gasteiger partial charge in [0, 0.05) is 38.6 Å². The molecule has 0 atom stereocenters. The van der Waals surface area contributed by atoms with E-state index in [1.165, 1.54) is 30.1 Å². The first-order valence-corrected chi connectivity index (χ1v) is 8.44. The molecular formula is C18H22N4O3. The molecule has 2 N–H and O–H groups in total. The van der Waals surface area contributed by atoms with E-state index in [9.17, 15) is 14.7 Å². The Morgan fingerprint density at radius 2 is 1.92 bits per heavy atom. The van der Waals surface area contributed by atoms with Gasteiger partial charge >= 0.3 is 5.97 Å². The summed E-state index contributed by atoms with van der Waals surface area (Å²) in [6, 6.07) is 7.99. The Morgan fingerprint density at radius 1 is 1.20 bits per heavy atom. The van der Waals surface area contributed by atoms with Gasteiger partial charge in [-0.05, 0) is 30.9 Å². The zero-order chi connectivity index (χ0) is 17.8. The van der Waals surface area contributed by atoms with Gasteiger partial charge in [0.25, 0.3) is 5.91 Å². The van der Waals surface area contributed by atoms with Crippen LogP contribution in [-0.4, -0.2) is 39.9 Å². The Morgan fingerprint density at radius 3 is 2.64 bits per heavy atom. The van der Waals surface area contributed by atoms with Gasteiger partial charge in [0.1, 0.15) is 5.56 Å². The molecule has 2 aromatic rings. The Kier molecular flexibility index (Phi) is 5.02. The molecule has 1 aliphatic heterocycles. The summed E-state index contributed by atoms with van der Waals surface area (Å²) in [6.45, 7) is 2.38. The molecule has 0 aliphatic carbocycles. The monoisotopic (exact) mass is 342 g/mol. The quantitative estimate of drug-likeness (QED) is 0.868. The largest absolute Gasteiger partial charge is 0.478 e. The van der Waals surface area contributed by atoms with Crippen LogP contribution in [0.5, 0.6) is 0 Å². The normalized spacial score (nSPS) is 14.4. The highest BCUT2D eigenvalue weighted by Gasteiger charge is 2.21. The highest BCUT2D eigenvalue weighted by Crippen LogP contribution is 2.24. The Hall–Kier alpha value is -2.83. The minimum absolute atomic E-state index is 0.0644. The second kappa shape index (κ2) is 7.38. The lowest BCUT2D eigenvalue weighted by molar-refractivity contribution is 0.0691. The maximum Gasteiger partial charge on any atom is 0.339 e. The molecule has 1 aliphatic rings. The van der Waals surface area contributed by atoms with Crippen LogP contribution in [0.3, 0.4) is 0 Å². The summed E-state index contributed by atoms with van der Waals surface area (Å²) >= 11 is 0. The van der Waals surface area contributed by atoms with E-state index in [4.69, 9.17) is 0 Å². The van der Waals surface area contributed by atoms with Crippen molar-refractivity contribution >= 4 is 17.6 Å². The van der Waals surface area contributed by atoms with Crippen LogP contribution >= 0.6 is 0 Å². The molecule has 1 aromatic carbocycles. The molecule has 0 saturated carbocycles. The van der Waals surface area contributed by atoms with E-state index in [-0.39, 0.29) is 11.3 Å². The average Bonchev–Trinajstić information content (AvgIpc) is 3.03. The first kappa shape index (κ1) is 17.0. The number of carbonyl (C=O) groups excluding carboxylic acids is 1. The average molecular weight is 342 g/mol. The van der Waals surface area contributed by atoms with Crippen LogP contribution < -0.4 is 10.2 Å². The number of hydrogen-bond donors (Lipinski definition) is 2. The molecule has 7 nitrogen and oxygen atoms in total. The van der Waals surface area contributed by atoms with Gasteiger partial charge in [-0.1, -0.05) is 18.2 Å². The van der Waals surface area contributed by atoms with Gasteiger partial charge in [0.05, 0.1) is 0 Å². The SMILES string of the molecule is Cn1cc(C(=O)O)c(C(=O)NCc2ccccc2N2CCCCC2)n1. The molecule has 1 fully saturated rings. The molecule has 7 heteroatoms. The van der Waals surface area contributed by atoms with E-state index in [0.717, 1.165) is 24.3 Å². The number of rotatable bonds is 5. The summed E-state index contributed by atoms with van der Waals surface area (Å²) in [5, 5.41) is 16.0. The van der Waals surface area contributed by atoms with Crippen molar-refractivity contribution in [3.05, 3.63) is 47.3 Å². The predicted molar refractivity (Wildman–Crippen MR) is 93.8 cm³/mol. The predicted octanol–water partition coefficient (Wildman–Crippen LogP) is 2.04. The molecule has 2 heterocycles. The lowest BCUT2D eigenvalue weighted by Crippen LogP contribution is -2.31. The highest BCUT2D eigenvalue weighted by molar-refractivity contribution is 6.03. The van der Waals surface area contributed by atoms with Crippen LogP contribution in [0.15, 0.2) is 30.5 Å². The summed E-state index contributed by atoms with van der Waals surface area (Å²) in [7, 11) is 1.59. The number of nitrogens with one attached hydrogen (secondary N) is 1. The Labute approximate surface area is 146 Å². The topological polar surface area (TPSA) is 87.5 Å². The van der Waals surface area contributed by atoms with Crippen molar-refractivity contribution in [3.63, 3.8) is 0 Å². The molecule has 0 unspecified atom stereocenters. The number of benzene rings is 1. The van der Waals surface area contributed by atoms with Gasteiger partial charge in [-0.2, -0.15) is 5.10 Å². The molecule has 1 aromatic heterocycles. The summed E-state index contributed by atoms with van der Waals surface area (Å²) in [4.78, 5) is 26.0. The van der Waals surface area contributed by atoms with E-state index >= 15 is 0 Å². The standard InChI is InChI=1S/C18H22N4O3/c1-21-12-14(18(24)25)16(20-21)17(23)19-11-13-7-3-4-8-15(13)22-9-5-2-6-10-22/h3-4,7-8,12H,2,5-6,9-11H2,1H3,(H,19,23)(H,24,25). The molecular weight excluding hydrogens is 320 g/mol. The van der Waals surface area contributed by atoms with E-state index in [2.05, 4.69) is 21.4 Å². The number of carboxylic acids is 1. The summed E-state index contributed by atoms with van der Waals surface area (Å²) < 4.78 is 1.33. The Balaban J connectivity index is 1.74. The van der Waals surface area contributed by atoms with Crippen molar-refractivity contribution in [2.45, 2.75) is 25.8 Å². The van der Waals surface area contributed by atoms with Gasteiger partial charge in [-0.15, -0.1) is 0 Å². The number of anilines is 1. The van der Waals surface area contributed by atoms with E-state index < -0.39 is 11.9 Å². The number of aromatic nitrogens is 2. The fourth-order valence-electron chi connectivity index (χ4n) is 3.18. The van der Waals surface area contributed by atoms with Crippen LogP contribution in [-0.2, 0) is 13.6 Å². The highest BCUT2D eigenvalue weighted by atomic mass is 16.4. The molecule has 0 radical (unpaired) electrons. The number of hydrogen-bond acceptors (Lipinski definition) is 4. The zero-order valence-electron chi connectivity index (χ0n) is 14.2. The first-order valence-electron chi connectivity index (χ1n) is 8.44. The smallest absolute Gasteiger partial charge is 0.339 e. The number of carbonyl (C=O) groups is 2. The zero-order valence-corrected chi connectivity index (χ0v) is 14.2. The summed E-state index contributed by atoms with van der Waals surface area (Å²) in [6.07, 6.45) is 4.94. The van der Waals surface area contributed by atoms with Gasteiger partial charge < -0.3 is 15.3 Å². The maximum atomic E-state index is 12.4. The van der Waals surface area contributed by atoms with E-state index in [1.807, 2.05) is 18.2 Å². The van der Waals surface area contributed by atoms with Gasteiger partial charge in [-0.25, -0.2) is 4.79 Å². The number of piperidine rings is 1. The number of aromatic carboxylic acids is 1. The third-order valence-electron chi connectivity index (χ3n) is 4.40. The fourth-order valence-corrected chi connectivity index (χ4v) is 3.18. The number of aryl methyl sites for hydroxylation is 1. The minimum Gasteiger partial charge on any atom is -0.478 e. The van der Waals surface area contributed by atoms with Crippen molar-refractivity contribution in [1.29, 1.82) is 0 Å². The molecule has 132 valence electrons. The van der Waals surface area contributed by atoms with E-state index in [0.29, 0.717) is 6.54 Å². The summed E-state index contributed by atoms with van der Waals surface area (Å²) in [5.74, 6) is -1.64. The number of carboxylic acid groups (broad SMARTS) is 1. The van der Waals surface area contributed by atoms with Crippen molar-refractivity contribution in [3.8, 4) is 0 Å². The lowest BCUT2D eigenvalue weighted by atomic mass is 10.1. The molecule has 1 saturated heterocycles. The van der Waals surface area contributed by atoms with Gasteiger partial charge in [-0.3, -0.25) is 9.48 Å². The molecule has 3 rings (SSSR count).